The fourth-order valence-electron chi connectivity index (χ4n) is 4.83. The first kappa shape index (κ1) is 24.6. The molecular formula is C25H29N2O2PS3. The van der Waals surface area contributed by atoms with Gasteiger partial charge in [-0.1, -0.05) is 72.1 Å². The third-order valence-electron chi connectivity index (χ3n) is 6.69. The highest BCUT2D eigenvalue weighted by Gasteiger charge is 2.53. The fourth-order valence-corrected chi connectivity index (χ4v) is 11.8. The van der Waals surface area contributed by atoms with Gasteiger partial charge in [0.25, 0.3) is 0 Å². The van der Waals surface area contributed by atoms with Crippen molar-refractivity contribution >= 4 is 71.9 Å². The summed E-state index contributed by atoms with van der Waals surface area (Å²) in [4.78, 5) is 15.5. The third-order valence-corrected chi connectivity index (χ3v) is 12.4. The minimum atomic E-state index is -2.60. The summed E-state index contributed by atoms with van der Waals surface area (Å²) in [6.45, 7) is 8.42. The summed E-state index contributed by atoms with van der Waals surface area (Å²) in [5.74, 6) is 0.497. The number of carbonyl (C=O) groups is 1. The lowest BCUT2D eigenvalue weighted by Crippen LogP contribution is -2.41. The summed E-state index contributed by atoms with van der Waals surface area (Å²) in [6.07, 6.45) is 7.10. The number of anilines is 2. The Bertz CT molecular complexity index is 1130. The molecule has 2 heterocycles. The van der Waals surface area contributed by atoms with Crippen molar-refractivity contribution in [3.63, 3.8) is 0 Å². The van der Waals surface area contributed by atoms with Gasteiger partial charge in [-0.3, -0.25) is 9.99 Å². The molecule has 33 heavy (non-hydrogen) atoms. The normalized spacial score (nSPS) is 29.7. The second kappa shape index (κ2) is 9.27. The van der Waals surface area contributed by atoms with Crippen LogP contribution in [-0.2, 0) is 16.3 Å². The number of carbonyl (C=O) groups excluding carboxylic acids is 1. The molecule has 2 amide bonds. The summed E-state index contributed by atoms with van der Waals surface area (Å²) in [5, 5.41) is 3.44. The van der Waals surface area contributed by atoms with Crippen LogP contribution in [0.3, 0.4) is 0 Å². The highest BCUT2D eigenvalue weighted by molar-refractivity contribution is 8.69. The predicted octanol–water partition coefficient (Wildman–Crippen LogP) is 7.62. The molecule has 0 unspecified atom stereocenters. The Morgan fingerprint density at radius 1 is 1.18 bits per heavy atom. The first-order valence-electron chi connectivity index (χ1n) is 10.9. The molecule has 2 aromatic carbocycles. The molecule has 174 valence electrons. The molecule has 1 saturated heterocycles. The molecule has 0 radical (unpaired) electrons. The van der Waals surface area contributed by atoms with Gasteiger partial charge in [0.15, 0.2) is 0 Å². The lowest BCUT2D eigenvalue weighted by Gasteiger charge is -2.37. The first-order chi connectivity index (χ1) is 15.3. The van der Waals surface area contributed by atoms with E-state index in [1.807, 2.05) is 60.7 Å². The number of nitrogens with zero attached hydrogens (tertiary/aromatic N) is 1. The van der Waals surface area contributed by atoms with Crippen LogP contribution in [0.25, 0.3) is 12.2 Å². The smallest absolute Gasteiger partial charge is 0.319 e. The molecule has 3 aliphatic rings. The minimum Gasteiger partial charge on any atom is -0.319 e. The van der Waals surface area contributed by atoms with Crippen molar-refractivity contribution in [2.24, 2.45) is 5.92 Å². The molecule has 5 rings (SSSR count). The highest BCUT2D eigenvalue weighted by Crippen LogP contribution is 2.72. The molecule has 4 nitrogen and oxygen atoms in total. The first-order valence-corrected chi connectivity index (χ1v) is 15.1. The largest absolute Gasteiger partial charge is 0.332 e. The van der Waals surface area contributed by atoms with Crippen molar-refractivity contribution in [3.8, 4) is 0 Å². The number of nitrogens with one attached hydrogen (secondary N) is 1. The van der Waals surface area contributed by atoms with Crippen LogP contribution in [0.4, 0.5) is 16.2 Å². The van der Waals surface area contributed by atoms with Gasteiger partial charge in [-0.05, 0) is 74.1 Å². The monoisotopic (exact) mass is 516 g/mol. The van der Waals surface area contributed by atoms with Gasteiger partial charge in [-0.2, -0.15) is 13.5 Å². The van der Waals surface area contributed by atoms with E-state index in [0.29, 0.717) is 5.92 Å². The van der Waals surface area contributed by atoms with E-state index in [1.54, 1.807) is 16.3 Å². The number of urea groups is 1. The van der Waals surface area contributed by atoms with Gasteiger partial charge in [-0.15, -0.1) is 0 Å². The SMILES string of the molecule is C=C(C)[C@H]1CC[C@@]2(C)O[P@](=S)(NC(=O)N3c4ccccc4C=Cc4ccccc43)S[C@@H]2C1.S. The van der Waals surface area contributed by atoms with Crippen molar-refractivity contribution in [1.29, 1.82) is 0 Å². The Labute approximate surface area is 212 Å². The number of hydrogen-bond donors (Lipinski definition) is 1. The molecule has 0 aromatic heterocycles. The lowest BCUT2D eigenvalue weighted by molar-refractivity contribution is 0.0662. The van der Waals surface area contributed by atoms with Crippen LogP contribution in [0.2, 0.25) is 0 Å². The molecule has 0 bridgehead atoms. The molecule has 4 atom stereocenters. The lowest BCUT2D eigenvalue weighted by atomic mass is 9.77. The van der Waals surface area contributed by atoms with Gasteiger partial charge in [0.2, 0.25) is 5.62 Å². The fraction of sp³-hybridized carbons (Fsp3) is 0.320. The summed E-state index contributed by atoms with van der Waals surface area (Å²) in [7, 11) is 0. The van der Waals surface area contributed by atoms with Gasteiger partial charge in [0.05, 0.1) is 17.0 Å². The van der Waals surface area contributed by atoms with E-state index in [0.717, 1.165) is 41.8 Å². The number of allylic oxidation sites excluding steroid dienone is 1. The zero-order valence-corrected chi connectivity index (χ0v) is 22.3. The molecular weight excluding hydrogens is 487 g/mol. The van der Waals surface area contributed by atoms with Gasteiger partial charge in [-0.25, -0.2) is 4.79 Å². The zero-order valence-electron chi connectivity index (χ0n) is 18.8. The molecule has 2 fully saturated rings. The number of hydrogen-bond acceptors (Lipinski definition) is 4. The van der Waals surface area contributed by atoms with Crippen LogP contribution in [-0.4, -0.2) is 16.9 Å². The minimum absolute atomic E-state index is 0. The maximum Gasteiger partial charge on any atom is 0.332 e. The number of rotatable bonds is 2. The van der Waals surface area contributed by atoms with Crippen molar-refractivity contribution in [1.82, 2.24) is 5.09 Å². The Morgan fingerprint density at radius 2 is 1.76 bits per heavy atom. The summed E-state index contributed by atoms with van der Waals surface area (Å²) in [5.41, 5.74) is 1.97. The Balaban J connectivity index is 0.00000259. The topological polar surface area (TPSA) is 41.6 Å². The van der Waals surface area contributed by atoms with E-state index in [9.17, 15) is 4.79 Å². The molecule has 1 N–H and O–H groups in total. The Kier molecular flexibility index (Phi) is 6.92. The third kappa shape index (κ3) is 4.59. The van der Waals surface area contributed by atoms with Crippen LogP contribution < -0.4 is 9.99 Å². The average molecular weight is 517 g/mol. The molecule has 2 aliphatic heterocycles. The van der Waals surface area contributed by atoms with E-state index in [2.05, 4.69) is 25.5 Å². The molecule has 1 saturated carbocycles. The van der Waals surface area contributed by atoms with Gasteiger partial charge < -0.3 is 4.52 Å². The Morgan fingerprint density at radius 3 is 2.33 bits per heavy atom. The predicted molar refractivity (Wildman–Crippen MR) is 150 cm³/mol. The number of benzene rings is 2. The van der Waals surface area contributed by atoms with Crippen molar-refractivity contribution < 1.29 is 9.32 Å². The van der Waals surface area contributed by atoms with Gasteiger partial charge in [0, 0.05) is 5.25 Å². The second-order valence-electron chi connectivity index (χ2n) is 9.02. The van der Waals surface area contributed by atoms with Crippen molar-refractivity contribution in [2.75, 3.05) is 4.90 Å². The summed E-state index contributed by atoms with van der Waals surface area (Å²) < 4.78 is 6.52. The Hall–Kier alpha value is -1.50. The number of para-hydroxylation sites is 2. The average Bonchev–Trinajstić information content (AvgIpc) is 2.91. The quantitative estimate of drug-likeness (QED) is 0.329. The zero-order chi connectivity index (χ0) is 22.5. The van der Waals surface area contributed by atoms with Crippen molar-refractivity contribution in [2.45, 2.75) is 44.0 Å². The molecule has 0 spiro atoms. The van der Waals surface area contributed by atoms with E-state index >= 15 is 0 Å². The van der Waals surface area contributed by atoms with Gasteiger partial charge >= 0.3 is 6.03 Å². The van der Waals surface area contributed by atoms with E-state index < -0.39 is 5.62 Å². The summed E-state index contributed by atoms with van der Waals surface area (Å²) >= 11 is 7.65. The van der Waals surface area contributed by atoms with Crippen molar-refractivity contribution in [3.05, 3.63) is 71.8 Å². The summed E-state index contributed by atoms with van der Waals surface area (Å²) in [6, 6.07) is 15.6. The standard InChI is InChI=1S/C25H27N2O2PS2.H2S/c1-17(2)20-14-15-25(3)23(16-20)32-30(31,29-25)26-24(28)27-21-10-6-4-8-18(21)12-13-19-9-5-7-11-22(19)27;/h4-13,20,23H,1,14-16H2,2-3H3,(H,26,28,31);1H2/t20-,23+,25+,30-;/m0./s1. The van der Waals surface area contributed by atoms with Crippen LogP contribution in [0.1, 0.15) is 44.2 Å². The highest BCUT2D eigenvalue weighted by atomic mass is 32.9. The number of fused-ring (bicyclic) bond motifs is 3. The van der Waals surface area contributed by atoms with Gasteiger partial charge in [0.1, 0.15) is 0 Å². The van der Waals surface area contributed by atoms with E-state index in [-0.39, 0.29) is 30.4 Å². The van der Waals surface area contributed by atoms with E-state index in [4.69, 9.17) is 16.3 Å². The van der Waals surface area contributed by atoms with Crippen LogP contribution >= 0.6 is 30.5 Å². The molecule has 2 aromatic rings. The molecule has 1 aliphatic carbocycles. The number of amides is 2. The maximum atomic E-state index is 13.8. The van der Waals surface area contributed by atoms with E-state index in [1.165, 1.54) is 5.57 Å². The van der Waals surface area contributed by atoms with Crippen LogP contribution in [0.15, 0.2) is 60.7 Å². The maximum absolute atomic E-state index is 13.8. The van der Waals surface area contributed by atoms with Crippen LogP contribution in [0, 0.1) is 5.92 Å². The van der Waals surface area contributed by atoms with Crippen LogP contribution in [0.5, 0.6) is 0 Å². The second-order valence-corrected chi connectivity index (χ2v) is 15.6. The molecule has 8 heteroatoms.